The summed E-state index contributed by atoms with van der Waals surface area (Å²) in [7, 11) is 0. The first kappa shape index (κ1) is 8.10. The second-order valence-corrected chi connectivity index (χ2v) is 3.31. The van der Waals surface area contributed by atoms with Crippen LogP contribution in [0.25, 0.3) is 11.0 Å². The standard InChI is InChI=1S/C10H11N3/c1-7(2)8-3-4-12-9-5-11-6-13-10(8)9/h3-7H,1-2H3. The van der Waals surface area contributed by atoms with Crippen molar-refractivity contribution in [2.75, 3.05) is 0 Å². The Kier molecular flexibility index (Phi) is 1.93. The van der Waals surface area contributed by atoms with Gasteiger partial charge in [0.05, 0.1) is 11.7 Å². The summed E-state index contributed by atoms with van der Waals surface area (Å²) in [5, 5.41) is 0. The highest BCUT2D eigenvalue weighted by Gasteiger charge is 2.05. The molecular formula is C10H11N3. The maximum atomic E-state index is 4.23. The zero-order valence-electron chi connectivity index (χ0n) is 7.73. The third kappa shape index (κ3) is 1.37. The van der Waals surface area contributed by atoms with Gasteiger partial charge in [0, 0.05) is 6.20 Å². The van der Waals surface area contributed by atoms with Crippen LogP contribution in [0.4, 0.5) is 0 Å². The summed E-state index contributed by atoms with van der Waals surface area (Å²) in [4.78, 5) is 12.4. The summed E-state index contributed by atoms with van der Waals surface area (Å²) in [5.74, 6) is 0.473. The zero-order valence-corrected chi connectivity index (χ0v) is 7.73. The van der Waals surface area contributed by atoms with E-state index in [0.717, 1.165) is 11.0 Å². The van der Waals surface area contributed by atoms with Crippen molar-refractivity contribution in [3.8, 4) is 0 Å². The molecule has 13 heavy (non-hydrogen) atoms. The number of pyridine rings is 1. The van der Waals surface area contributed by atoms with Crippen molar-refractivity contribution >= 4 is 11.0 Å². The lowest BCUT2D eigenvalue weighted by Crippen LogP contribution is -1.93. The monoisotopic (exact) mass is 173 g/mol. The Bertz CT molecular complexity index is 418. The topological polar surface area (TPSA) is 38.7 Å². The van der Waals surface area contributed by atoms with Gasteiger partial charge in [-0.05, 0) is 17.5 Å². The molecule has 0 saturated carbocycles. The van der Waals surface area contributed by atoms with Gasteiger partial charge in [0.25, 0.3) is 0 Å². The highest BCUT2D eigenvalue weighted by atomic mass is 14.8. The molecule has 0 fully saturated rings. The Morgan fingerprint density at radius 1 is 1.23 bits per heavy atom. The Morgan fingerprint density at radius 3 is 2.85 bits per heavy atom. The van der Waals surface area contributed by atoms with E-state index in [1.54, 1.807) is 18.7 Å². The van der Waals surface area contributed by atoms with Crippen LogP contribution in [0.2, 0.25) is 0 Å². The smallest absolute Gasteiger partial charge is 0.116 e. The first-order chi connectivity index (χ1) is 6.29. The van der Waals surface area contributed by atoms with E-state index in [9.17, 15) is 0 Å². The molecule has 2 rings (SSSR count). The summed E-state index contributed by atoms with van der Waals surface area (Å²) in [6, 6.07) is 2.01. The number of rotatable bonds is 1. The number of fused-ring (bicyclic) bond motifs is 1. The van der Waals surface area contributed by atoms with Crippen LogP contribution in [0.3, 0.4) is 0 Å². The van der Waals surface area contributed by atoms with E-state index >= 15 is 0 Å². The predicted octanol–water partition coefficient (Wildman–Crippen LogP) is 2.15. The van der Waals surface area contributed by atoms with Gasteiger partial charge in [0.15, 0.2) is 0 Å². The summed E-state index contributed by atoms with van der Waals surface area (Å²) < 4.78 is 0. The van der Waals surface area contributed by atoms with E-state index in [4.69, 9.17) is 0 Å². The fraction of sp³-hybridized carbons (Fsp3) is 0.300. The van der Waals surface area contributed by atoms with Crippen LogP contribution < -0.4 is 0 Å². The highest BCUT2D eigenvalue weighted by Crippen LogP contribution is 2.20. The zero-order chi connectivity index (χ0) is 9.26. The van der Waals surface area contributed by atoms with Crippen LogP contribution >= 0.6 is 0 Å². The number of aromatic nitrogens is 3. The van der Waals surface area contributed by atoms with Gasteiger partial charge in [-0.2, -0.15) is 0 Å². The lowest BCUT2D eigenvalue weighted by atomic mass is 10.0. The van der Waals surface area contributed by atoms with Crippen molar-refractivity contribution in [1.29, 1.82) is 0 Å². The first-order valence-corrected chi connectivity index (χ1v) is 4.33. The minimum absolute atomic E-state index is 0.473. The van der Waals surface area contributed by atoms with Gasteiger partial charge in [-0.15, -0.1) is 0 Å². The third-order valence-electron chi connectivity index (χ3n) is 2.06. The molecule has 0 aliphatic rings. The van der Waals surface area contributed by atoms with Crippen LogP contribution in [-0.4, -0.2) is 15.0 Å². The van der Waals surface area contributed by atoms with Crippen LogP contribution in [0.1, 0.15) is 25.3 Å². The molecule has 3 heteroatoms. The number of hydrogen-bond donors (Lipinski definition) is 0. The number of nitrogens with zero attached hydrogens (tertiary/aromatic N) is 3. The van der Waals surface area contributed by atoms with Crippen molar-refractivity contribution in [1.82, 2.24) is 15.0 Å². The molecule has 0 aromatic carbocycles. The quantitative estimate of drug-likeness (QED) is 0.663. The van der Waals surface area contributed by atoms with Crippen LogP contribution in [-0.2, 0) is 0 Å². The fourth-order valence-corrected chi connectivity index (χ4v) is 1.38. The molecule has 0 spiro atoms. The lowest BCUT2D eigenvalue weighted by molar-refractivity contribution is 0.869. The van der Waals surface area contributed by atoms with Gasteiger partial charge < -0.3 is 0 Å². The predicted molar refractivity (Wildman–Crippen MR) is 51.4 cm³/mol. The molecule has 0 radical (unpaired) electrons. The molecule has 2 heterocycles. The molecule has 2 aromatic rings. The van der Waals surface area contributed by atoms with Crippen LogP contribution in [0.15, 0.2) is 24.8 Å². The Balaban J connectivity index is 2.76. The minimum Gasteiger partial charge on any atom is -0.253 e. The molecule has 0 unspecified atom stereocenters. The molecular weight excluding hydrogens is 162 g/mol. The van der Waals surface area contributed by atoms with E-state index in [0.29, 0.717) is 5.92 Å². The number of hydrogen-bond acceptors (Lipinski definition) is 3. The Labute approximate surface area is 76.9 Å². The van der Waals surface area contributed by atoms with Gasteiger partial charge in [-0.25, -0.2) is 9.97 Å². The third-order valence-corrected chi connectivity index (χ3v) is 2.06. The van der Waals surface area contributed by atoms with Crippen LogP contribution in [0.5, 0.6) is 0 Å². The summed E-state index contributed by atoms with van der Waals surface area (Å²) >= 11 is 0. The van der Waals surface area contributed by atoms with Gasteiger partial charge in [-0.1, -0.05) is 13.8 Å². The van der Waals surface area contributed by atoms with E-state index in [1.807, 2.05) is 6.07 Å². The van der Waals surface area contributed by atoms with Crippen molar-refractivity contribution < 1.29 is 0 Å². The van der Waals surface area contributed by atoms with Crippen LogP contribution in [0, 0.1) is 0 Å². The summed E-state index contributed by atoms with van der Waals surface area (Å²) in [6.07, 6.45) is 5.12. The summed E-state index contributed by atoms with van der Waals surface area (Å²) in [6.45, 7) is 4.30. The van der Waals surface area contributed by atoms with E-state index in [1.165, 1.54) is 5.56 Å². The molecule has 0 N–H and O–H groups in total. The average Bonchev–Trinajstić information content (AvgIpc) is 2.17. The minimum atomic E-state index is 0.473. The average molecular weight is 173 g/mol. The largest absolute Gasteiger partial charge is 0.253 e. The van der Waals surface area contributed by atoms with Gasteiger partial charge in [0.1, 0.15) is 11.8 Å². The van der Waals surface area contributed by atoms with Gasteiger partial charge in [0.2, 0.25) is 0 Å². The molecule has 3 nitrogen and oxygen atoms in total. The Hall–Kier alpha value is -1.51. The molecule has 0 aliphatic carbocycles. The highest BCUT2D eigenvalue weighted by molar-refractivity contribution is 5.76. The van der Waals surface area contributed by atoms with Crippen molar-refractivity contribution in [3.63, 3.8) is 0 Å². The molecule has 66 valence electrons. The van der Waals surface area contributed by atoms with Crippen molar-refractivity contribution in [2.24, 2.45) is 0 Å². The van der Waals surface area contributed by atoms with E-state index in [-0.39, 0.29) is 0 Å². The maximum absolute atomic E-state index is 4.23. The van der Waals surface area contributed by atoms with Crippen molar-refractivity contribution in [2.45, 2.75) is 19.8 Å². The SMILES string of the molecule is CC(C)c1ccnc2cncnc12. The van der Waals surface area contributed by atoms with Gasteiger partial charge >= 0.3 is 0 Å². The summed E-state index contributed by atoms with van der Waals surface area (Å²) in [5.41, 5.74) is 3.06. The second kappa shape index (κ2) is 3.09. The van der Waals surface area contributed by atoms with Gasteiger partial charge in [-0.3, -0.25) is 4.98 Å². The van der Waals surface area contributed by atoms with Crippen molar-refractivity contribution in [3.05, 3.63) is 30.4 Å². The molecule has 0 aliphatic heterocycles. The Morgan fingerprint density at radius 2 is 2.08 bits per heavy atom. The molecule has 0 bridgehead atoms. The molecule has 0 atom stereocenters. The lowest BCUT2D eigenvalue weighted by Gasteiger charge is -2.06. The maximum Gasteiger partial charge on any atom is 0.116 e. The van der Waals surface area contributed by atoms with E-state index in [2.05, 4.69) is 28.8 Å². The molecule has 2 aromatic heterocycles. The van der Waals surface area contributed by atoms with E-state index < -0.39 is 0 Å². The molecule has 0 saturated heterocycles. The fourth-order valence-electron chi connectivity index (χ4n) is 1.38. The molecule has 0 amide bonds. The first-order valence-electron chi connectivity index (χ1n) is 4.33. The normalized spacial score (nSPS) is 11.0. The second-order valence-electron chi connectivity index (χ2n) is 3.31.